The van der Waals surface area contributed by atoms with Gasteiger partial charge in [0.05, 0.1) is 23.8 Å². The molecule has 0 N–H and O–H groups in total. The second-order valence-electron chi connectivity index (χ2n) is 7.06. The summed E-state index contributed by atoms with van der Waals surface area (Å²) in [5.41, 5.74) is 0.910. The van der Waals surface area contributed by atoms with E-state index in [-0.39, 0.29) is 12.2 Å². The van der Waals surface area contributed by atoms with Gasteiger partial charge in [0.2, 0.25) is 5.95 Å². The van der Waals surface area contributed by atoms with Crippen LogP contribution in [0.2, 0.25) is 0 Å². The lowest BCUT2D eigenvalue weighted by Crippen LogP contribution is -2.46. The maximum Gasteiger partial charge on any atom is 0.229 e. The first-order valence-electron chi connectivity index (χ1n) is 8.97. The number of rotatable bonds is 2. The van der Waals surface area contributed by atoms with Crippen molar-refractivity contribution in [2.24, 2.45) is 7.05 Å². The summed E-state index contributed by atoms with van der Waals surface area (Å²) in [6.07, 6.45) is 6.05. The fraction of sp³-hybridized carbons (Fsp3) is 0.706. The average Bonchev–Trinajstić information content (AvgIpc) is 2.95. The molecule has 0 radical (unpaired) electrons. The van der Waals surface area contributed by atoms with Crippen LogP contribution in [0.5, 0.6) is 0 Å². The highest BCUT2D eigenvalue weighted by Crippen LogP contribution is 2.29. The van der Waals surface area contributed by atoms with Gasteiger partial charge in [-0.3, -0.25) is 4.68 Å². The molecule has 0 amide bonds. The molecule has 0 aromatic carbocycles. The number of nitrogens with zero attached hydrogens (tertiary/aromatic N) is 6. The van der Waals surface area contributed by atoms with Crippen LogP contribution in [0.15, 0.2) is 6.20 Å². The molecule has 2 aromatic heterocycles. The fourth-order valence-electron chi connectivity index (χ4n) is 3.83. The minimum atomic E-state index is 0.193. The van der Waals surface area contributed by atoms with Crippen LogP contribution in [-0.4, -0.2) is 58.1 Å². The summed E-state index contributed by atoms with van der Waals surface area (Å²) in [5, 5.41) is 5.46. The lowest BCUT2D eigenvalue weighted by Gasteiger charge is -2.36. The normalized spacial score (nSPS) is 25.5. The minimum Gasteiger partial charge on any atom is -0.372 e. The van der Waals surface area contributed by atoms with Gasteiger partial charge in [0.25, 0.3) is 0 Å². The average molecular weight is 330 g/mol. The van der Waals surface area contributed by atoms with E-state index in [0.29, 0.717) is 0 Å². The van der Waals surface area contributed by atoms with Crippen LogP contribution in [0, 0.1) is 0 Å². The van der Waals surface area contributed by atoms with Crippen LogP contribution in [0.25, 0.3) is 11.0 Å². The molecule has 24 heavy (non-hydrogen) atoms. The summed E-state index contributed by atoms with van der Waals surface area (Å²) in [5.74, 6) is 1.84. The van der Waals surface area contributed by atoms with E-state index in [1.54, 1.807) is 0 Å². The molecule has 0 aliphatic carbocycles. The number of fused-ring (bicyclic) bond motifs is 1. The lowest BCUT2D eigenvalue weighted by molar-refractivity contribution is -0.00570. The Labute approximate surface area is 142 Å². The number of aryl methyl sites for hydroxylation is 1. The first-order chi connectivity index (χ1) is 11.6. The molecule has 7 heteroatoms. The summed E-state index contributed by atoms with van der Waals surface area (Å²) >= 11 is 0. The van der Waals surface area contributed by atoms with Crippen molar-refractivity contribution in [3.05, 3.63) is 6.20 Å². The first kappa shape index (κ1) is 15.6. The van der Waals surface area contributed by atoms with Crippen molar-refractivity contribution < 1.29 is 4.74 Å². The van der Waals surface area contributed by atoms with E-state index in [1.807, 2.05) is 17.9 Å². The third-order valence-corrected chi connectivity index (χ3v) is 4.92. The topological polar surface area (TPSA) is 59.3 Å². The van der Waals surface area contributed by atoms with Gasteiger partial charge in [-0.05, 0) is 33.1 Å². The number of morpholine rings is 1. The van der Waals surface area contributed by atoms with Gasteiger partial charge in [0, 0.05) is 33.2 Å². The second-order valence-corrected chi connectivity index (χ2v) is 7.06. The number of anilines is 2. The summed E-state index contributed by atoms with van der Waals surface area (Å²) in [4.78, 5) is 14.4. The monoisotopic (exact) mass is 330 g/mol. The molecule has 2 aliphatic rings. The van der Waals surface area contributed by atoms with E-state index in [0.717, 1.165) is 49.0 Å². The molecule has 2 aliphatic heterocycles. The quantitative estimate of drug-likeness (QED) is 0.839. The Kier molecular flexibility index (Phi) is 4.04. The van der Waals surface area contributed by atoms with Gasteiger partial charge in [-0.1, -0.05) is 0 Å². The third-order valence-electron chi connectivity index (χ3n) is 4.92. The van der Waals surface area contributed by atoms with Gasteiger partial charge in [0.1, 0.15) is 5.82 Å². The molecule has 0 bridgehead atoms. The molecule has 2 fully saturated rings. The van der Waals surface area contributed by atoms with Crippen LogP contribution >= 0.6 is 0 Å². The minimum absolute atomic E-state index is 0.193. The SMILES string of the molecule is C[C@H]1CN(c2nc(N3CCCCC3)c3cnn(C)c3n2)C[C@H](C)O1. The molecular weight excluding hydrogens is 304 g/mol. The van der Waals surface area contributed by atoms with E-state index in [1.165, 1.54) is 19.3 Å². The van der Waals surface area contributed by atoms with Crippen molar-refractivity contribution in [3.8, 4) is 0 Å². The summed E-state index contributed by atoms with van der Waals surface area (Å²) in [6.45, 7) is 8.00. The van der Waals surface area contributed by atoms with Gasteiger partial charge in [-0.15, -0.1) is 0 Å². The van der Waals surface area contributed by atoms with Crippen molar-refractivity contribution in [2.75, 3.05) is 36.0 Å². The Hall–Kier alpha value is -1.89. The Bertz CT molecular complexity index is 713. The number of hydrogen-bond donors (Lipinski definition) is 0. The Balaban J connectivity index is 1.77. The molecule has 130 valence electrons. The predicted molar refractivity (Wildman–Crippen MR) is 94.6 cm³/mol. The van der Waals surface area contributed by atoms with Gasteiger partial charge in [0.15, 0.2) is 5.65 Å². The van der Waals surface area contributed by atoms with Crippen LogP contribution < -0.4 is 9.80 Å². The molecule has 0 spiro atoms. The first-order valence-corrected chi connectivity index (χ1v) is 8.97. The lowest BCUT2D eigenvalue weighted by atomic mass is 10.1. The zero-order valence-electron chi connectivity index (χ0n) is 14.8. The highest BCUT2D eigenvalue weighted by molar-refractivity contribution is 5.88. The highest BCUT2D eigenvalue weighted by Gasteiger charge is 2.26. The van der Waals surface area contributed by atoms with Crippen molar-refractivity contribution in [2.45, 2.75) is 45.3 Å². The standard InChI is InChI=1S/C17H26N6O/c1-12-10-23(11-13(2)24-12)17-19-15-14(9-18-21(15)3)16(20-17)22-7-5-4-6-8-22/h9,12-13H,4-8,10-11H2,1-3H3/t12-,13-/m0/s1. The van der Waals surface area contributed by atoms with E-state index in [9.17, 15) is 0 Å². The molecule has 0 saturated carbocycles. The van der Waals surface area contributed by atoms with Crippen molar-refractivity contribution >= 4 is 22.8 Å². The largest absolute Gasteiger partial charge is 0.372 e. The molecule has 4 rings (SSSR count). The smallest absolute Gasteiger partial charge is 0.229 e. The van der Waals surface area contributed by atoms with E-state index >= 15 is 0 Å². The maximum atomic E-state index is 5.86. The summed E-state index contributed by atoms with van der Waals surface area (Å²) < 4.78 is 7.70. The summed E-state index contributed by atoms with van der Waals surface area (Å²) in [7, 11) is 1.95. The Morgan fingerprint density at radius 2 is 1.71 bits per heavy atom. The molecule has 2 atom stereocenters. The molecule has 2 aromatic rings. The molecule has 2 saturated heterocycles. The highest BCUT2D eigenvalue weighted by atomic mass is 16.5. The summed E-state index contributed by atoms with van der Waals surface area (Å²) in [6, 6.07) is 0. The fourth-order valence-corrected chi connectivity index (χ4v) is 3.83. The van der Waals surface area contributed by atoms with Gasteiger partial charge < -0.3 is 14.5 Å². The van der Waals surface area contributed by atoms with E-state index < -0.39 is 0 Å². The second kappa shape index (κ2) is 6.20. The molecular formula is C17H26N6O. The van der Waals surface area contributed by atoms with E-state index in [4.69, 9.17) is 14.7 Å². The zero-order chi connectivity index (χ0) is 16.7. The van der Waals surface area contributed by atoms with Crippen LogP contribution in [-0.2, 0) is 11.8 Å². The predicted octanol–water partition coefficient (Wildman–Crippen LogP) is 1.97. The van der Waals surface area contributed by atoms with Gasteiger partial charge in [-0.25, -0.2) is 0 Å². The number of aromatic nitrogens is 4. The molecule has 4 heterocycles. The number of hydrogen-bond acceptors (Lipinski definition) is 6. The van der Waals surface area contributed by atoms with Crippen LogP contribution in [0.3, 0.4) is 0 Å². The van der Waals surface area contributed by atoms with Gasteiger partial charge >= 0.3 is 0 Å². The third kappa shape index (κ3) is 2.81. The van der Waals surface area contributed by atoms with Crippen molar-refractivity contribution in [3.63, 3.8) is 0 Å². The van der Waals surface area contributed by atoms with E-state index in [2.05, 4.69) is 28.7 Å². The van der Waals surface area contributed by atoms with Crippen molar-refractivity contribution in [1.29, 1.82) is 0 Å². The zero-order valence-corrected chi connectivity index (χ0v) is 14.8. The maximum absolute atomic E-state index is 5.86. The Morgan fingerprint density at radius 3 is 2.42 bits per heavy atom. The van der Waals surface area contributed by atoms with Gasteiger partial charge in [-0.2, -0.15) is 15.1 Å². The number of piperidine rings is 1. The van der Waals surface area contributed by atoms with Crippen molar-refractivity contribution in [1.82, 2.24) is 19.7 Å². The molecule has 7 nitrogen and oxygen atoms in total. The van der Waals surface area contributed by atoms with Crippen LogP contribution in [0.4, 0.5) is 11.8 Å². The van der Waals surface area contributed by atoms with Crippen LogP contribution in [0.1, 0.15) is 33.1 Å². The number of ether oxygens (including phenoxy) is 1. The Morgan fingerprint density at radius 1 is 1.00 bits per heavy atom. The molecule has 0 unspecified atom stereocenters.